The molecule has 0 bridgehead atoms. The molecule has 0 aliphatic carbocycles. The van der Waals surface area contributed by atoms with Crippen LogP contribution in [-0.2, 0) is 0 Å². The van der Waals surface area contributed by atoms with Crippen LogP contribution in [0.5, 0.6) is 11.5 Å². The number of aliphatic hydroxyl groups is 1. The van der Waals surface area contributed by atoms with Gasteiger partial charge in [0, 0.05) is 30.9 Å². The maximum Gasteiger partial charge on any atom is 0.342 e. The first-order chi connectivity index (χ1) is 12.4. The first-order valence-electron chi connectivity index (χ1n) is 8.47. The van der Waals surface area contributed by atoms with E-state index in [2.05, 4.69) is 22.2 Å². The summed E-state index contributed by atoms with van der Waals surface area (Å²) in [6.45, 7) is 4.20. The van der Waals surface area contributed by atoms with Crippen LogP contribution >= 0.6 is 0 Å². The molecule has 0 radical (unpaired) electrons. The van der Waals surface area contributed by atoms with Gasteiger partial charge < -0.3 is 25.6 Å². The zero-order valence-corrected chi connectivity index (χ0v) is 15.4. The van der Waals surface area contributed by atoms with Gasteiger partial charge in [0.05, 0.1) is 12.7 Å². The molecule has 6 N–H and O–H groups in total. The average molecular weight is 358 g/mol. The molecule has 1 unspecified atom stereocenters. The van der Waals surface area contributed by atoms with Gasteiger partial charge in [-0.3, -0.25) is 5.73 Å². The highest BCUT2D eigenvalue weighted by Crippen LogP contribution is 2.34. The Bertz CT molecular complexity index is 762. The first-order valence-corrected chi connectivity index (χ1v) is 8.47. The molecule has 0 fully saturated rings. The zero-order chi connectivity index (χ0) is 19.2. The molecule has 0 amide bonds. The molecule has 0 saturated carbocycles. The van der Waals surface area contributed by atoms with Gasteiger partial charge in [0.1, 0.15) is 17.3 Å². The minimum absolute atomic E-state index is 0.112. The lowest BCUT2D eigenvalue weighted by Gasteiger charge is -2.30. The minimum atomic E-state index is -1.49. The summed E-state index contributed by atoms with van der Waals surface area (Å²) in [5.41, 5.74) is 13.5. The summed E-state index contributed by atoms with van der Waals surface area (Å²) in [5.74, 6) is 6.24. The maximum absolute atomic E-state index is 8.88. The number of aliphatic hydroxyl groups excluding tert-OH is 1. The first kappa shape index (κ1) is 19.6. The Morgan fingerprint density at radius 1 is 1.35 bits per heavy atom. The lowest BCUT2D eigenvalue weighted by atomic mass is 9.99. The highest BCUT2D eigenvalue weighted by Gasteiger charge is 2.29. The third kappa shape index (κ3) is 4.91. The number of unbranched alkanes of at least 4 members (excludes halogenated alkanes) is 1. The van der Waals surface area contributed by atoms with E-state index in [1.807, 2.05) is 19.9 Å². The second-order valence-corrected chi connectivity index (χ2v) is 6.19. The van der Waals surface area contributed by atoms with E-state index in [0.717, 1.165) is 5.56 Å². The molecule has 1 aromatic carbocycles. The Balaban J connectivity index is 2.42. The molecule has 7 nitrogen and oxygen atoms in total. The molecule has 140 valence electrons. The number of nitrogens with one attached hydrogen (secondary N) is 1. The van der Waals surface area contributed by atoms with E-state index in [0.29, 0.717) is 29.9 Å². The number of hydrogen-bond acceptors (Lipinski definition) is 7. The second kappa shape index (κ2) is 8.61. The standard InChI is InChI=1S/C19H26N4O3/c1-13(2)15-12-16(25-3)14(7-5-4-6-10-24)11-17(15)26-19(21)22-9-8-18(20)23-19/h8-9,11-13,22,24H,4,6,10,21H2,1-3H3,(H2,20,23). The van der Waals surface area contributed by atoms with Gasteiger partial charge in [-0.25, -0.2) is 0 Å². The molecule has 0 aromatic heterocycles. The minimum Gasteiger partial charge on any atom is -0.495 e. The number of hydrogen-bond donors (Lipinski definition) is 4. The molecule has 1 aliphatic rings. The van der Waals surface area contributed by atoms with Crippen molar-refractivity contribution in [2.45, 2.75) is 38.6 Å². The predicted octanol–water partition coefficient (Wildman–Crippen LogP) is 1.37. The molecule has 0 saturated heterocycles. The van der Waals surface area contributed by atoms with Crippen molar-refractivity contribution >= 4 is 5.84 Å². The molecule has 7 heteroatoms. The van der Waals surface area contributed by atoms with E-state index in [4.69, 9.17) is 26.0 Å². The largest absolute Gasteiger partial charge is 0.495 e. The number of ether oxygens (including phenoxy) is 2. The number of benzene rings is 1. The maximum atomic E-state index is 8.88. The van der Waals surface area contributed by atoms with Crippen LogP contribution in [0.25, 0.3) is 0 Å². The highest BCUT2D eigenvalue weighted by molar-refractivity contribution is 5.92. The fourth-order valence-corrected chi connectivity index (χ4v) is 2.43. The second-order valence-electron chi connectivity index (χ2n) is 6.19. The monoisotopic (exact) mass is 358 g/mol. The average Bonchev–Trinajstić information content (AvgIpc) is 2.58. The van der Waals surface area contributed by atoms with Gasteiger partial charge in [-0.05, 0) is 24.5 Å². The van der Waals surface area contributed by atoms with Gasteiger partial charge in [-0.1, -0.05) is 25.7 Å². The number of amidine groups is 1. The summed E-state index contributed by atoms with van der Waals surface area (Å²) in [4.78, 5) is 4.13. The van der Waals surface area contributed by atoms with E-state index in [-0.39, 0.29) is 18.4 Å². The summed E-state index contributed by atoms with van der Waals surface area (Å²) in [6, 6.07) is 3.69. The van der Waals surface area contributed by atoms with Crippen molar-refractivity contribution in [3.63, 3.8) is 0 Å². The van der Waals surface area contributed by atoms with Crippen LogP contribution in [0.4, 0.5) is 0 Å². The van der Waals surface area contributed by atoms with Gasteiger partial charge in [0.15, 0.2) is 0 Å². The predicted molar refractivity (Wildman–Crippen MR) is 102 cm³/mol. The van der Waals surface area contributed by atoms with Gasteiger partial charge in [-0.15, -0.1) is 0 Å². The van der Waals surface area contributed by atoms with Crippen LogP contribution in [-0.4, -0.2) is 30.6 Å². The van der Waals surface area contributed by atoms with Crippen LogP contribution in [0.3, 0.4) is 0 Å². The summed E-state index contributed by atoms with van der Waals surface area (Å²) < 4.78 is 11.4. The Labute approximate surface area is 154 Å². The van der Waals surface area contributed by atoms with Crippen molar-refractivity contribution in [1.29, 1.82) is 0 Å². The Morgan fingerprint density at radius 2 is 2.12 bits per heavy atom. The molecular weight excluding hydrogens is 332 g/mol. The molecule has 26 heavy (non-hydrogen) atoms. The van der Waals surface area contributed by atoms with Crippen molar-refractivity contribution in [3.8, 4) is 23.3 Å². The zero-order valence-electron chi connectivity index (χ0n) is 15.4. The highest BCUT2D eigenvalue weighted by atomic mass is 16.5. The summed E-state index contributed by atoms with van der Waals surface area (Å²) in [6.07, 6.45) is 4.41. The molecule has 1 heterocycles. The van der Waals surface area contributed by atoms with Crippen molar-refractivity contribution in [1.82, 2.24) is 5.32 Å². The topological polar surface area (TPSA) is 115 Å². The fourth-order valence-electron chi connectivity index (χ4n) is 2.43. The van der Waals surface area contributed by atoms with Crippen LogP contribution in [0.15, 0.2) is 29.4 Å². The third-order valence-corrected chi connectivity index (χ3v) is 3.74. The molecule has 1 aromatic rings. The molecule has 1 atom stereocenters. The van der Waals surface area contributed by atoms with Gasteiger partial charge >= 0.3 is 5.97 Å². The number of rotatable bonds is 6. The summed E-state index contributed by atoms with van der Waals surface area (Å²) in [5, 5.41) is 11.7. The van der Waals surface area contributed by atoms with E-state index >= 15 is 0 Å². The van der Waals surface area contributed by atoms with Gasteiger partial charge in [-0.2, -0.15) is 4.99 Å². The van der Waals surface area contributed by atoms with Gasteiger partial charge in [0.2, 0.25) is 0 Å². The molecule has 0 spiro atoms. The lowest BCUT2D eigenvalue weighted by molar-refractivity contribution is 0.0603. The normalized spacial score (nSPS) is 18.6. The number of methoxy groups -OCH3 is 1. The Hall–Kier alpha value is -2.69. The Kier molecular flexibility index (Phi) is 6.50. The molecule has 1 aliphatic heterocycles. The van der Waals surface area contributed by atoms with Crippen LogP contribution in [0.1, 0.15) is 43.7 Å². The SMILES string of the molecule is COc1cc(C(C)C)c(OC2(N)N=C(N)C=CN2)cc1C#CCCCO. The smallest absolute Gasteiger partial charge is 0.342 e. The van der Waals surface area contributed by atoms with Crippen LogP contribution < -0.4 is 26.3 Å². The van der Waals surface area contributed by atoms with Crippen molar-refractivity contribution < 1.29 is 14.6 Å². The van der Waals surface area contributed by atoms with Crippen LogP contribution in [0.2, 0.25) is 0 Å². The van der Waals surface area contributed by atoms with Crippen LogP contribution in [0, 0.1) is 11.8 Å². The van der Waals surface area contributed by atoms with E-state index in [1.165, 1.54) is 0 Å². The molecular formula is C19H26N4O3. The summed E-state index contributed by atoms with van der Waals surface area (Å²) in [7, 11) is 1.60. The number of aliphatic imine (C=N–C) groups is 1. The Morgan fingerprint density at radius 3 is 2.73 bits per heavy atom. The van der Waals surface area contributed by atoms with Crippen molar-refractivity contribution in [3.05, 3.63) is 35.5 Å². The third-order valence-electron chi connectivity index (χ3n) is 3.74. The van der Waals surface area contributed by atoms with Gasteiger partial charge in [0.25, 0.3) is 0 Å². The summed E-state index contributed by atoms with van der Waals surface area (Å²) >= 11 is 0. The van der Waals surface area contributed by atoms with E-state index in [1.54, 1.807) is 25.5 Å². The van der Waals surface area contributed by atoms with E-state index in [9.17, 15) is 0 Å². The van der Waals surface area contributed by atoms with Crippen molar-refractivity contribution in [2.24, 2.45) is 16.5 Å². The lowest BCUT2D eigenvalue weighted by Crippen LogP contribution is -2.57. The fraction of sp³-hybridized carbons (Fsp3) is 0.421. The van der Waals surface area contributed by atoms with Crippen molar-refractivity contribution in [2.75, 3.05) is 13.7 Å². The number of nitrogens with zero attached hydrogens (tertiary/aromatic N) is 1. The number of nitrogens with two attached hydrogens (primary N) is 2. The van der Waals surface area contributed by atoms with E-state index < -0.39 is 5.97 Å². The molecule has 2 rings (SSSR count). The quantitative estimate of drug-likeness (QED) is 0.347.